The van der Waals surface area contributed by atoms with Crippen LogP contribution in [0.1, 0.15) is 19.4 Å². The molecular formula is C15H16F2N2O. The normalized spacial score (nSPS) is 10.8. The standard InChI is InChI=1S/C15H16F2N2O/c1-10(2)19-8-11-5-6-18-9-15(11)20-12-3-4-13(16)14(17)7-12/h3-7,9-10,19H,8H2,1-2H3. The van der Waals surface area contributed by atoms with Gasteiger partial charge in [0.15, 0.2) is 11.6 Å². The number of nitrogens with one attached hydrogen (secondary N) is 1. The van der Waals surface area contributed by atoms with E-state index >= 15 is 0 Å². The highest BCUT2D eigenvalue weighted by Gasteiger charge is 2.08. The molecule has 0 bridgehead atoms. The molecule has 3 nitrogen and oxygen atoms in total. The molecule has 1 N–H and O–H groups in total. The Morgan fingerprint density at radius 1 is 1.20 bits per heavy atom. The van der Waals surface area contributed by atoms with Crippen molar-refractivity contribution in [2.45, 2.75) is 26.4 Å². The van der Waals surface area contributed by atoms with E-state index in [0.717, 1.165) is 17.7 Å². The van der Waals surface area contributed by atoms with E-state index < -0.39 is 11.6 Å². The van der Waals surface area contributed by atoms with E-state index in [1.807, 2.05) is 19.9 Å². The van der Waals surface area contributed by atoms with Crippen molar-refractivity contribution in [1.29, 1.82) is 0 Å². The van der Waals surface area contributed by atoms with Gasteiger partial charge < -0.3 is 10.1 Å². The van der Waals surface area contributed by atoms with Crippen molar-refractivity contribution in [1.82, 2.24) is 10.3 Å². The van der Waals surface area contributed by atoms with Crippen LogP contribution in [-0.4, -0.2) is 11.0 Å². The third-order valence-electron chi connectivity index (χ3n) is 2.69. The SMILES string of the molecule is CC(C)NCc1ccncc1Oc1ccc(F)c(F)c1. The Morgan fingerprint density at radius 2 is 2.00 bits per heavy atom. The van der Waals surface area contributed by atoms with Crippen molar-refractivity contribution in [3.8, 4) is 11.5 Å². The van der Waals surface area contributed by atoms with Gasteiger partial charge >= 0.3 is 0 Å². The Morgan fingerprint density at radius 3 is 2.70 bits per heavy atom. The zero-order chi connectivity index (χ0) is 14.5. The summed E-state index contributed by atoms with van der Waals surface area (Å²) in [6.45, 7) is 4.69. The summed E-state index contributed by atoms with van der Waals surface area (Å²) in [5.74, 6) is -1.08. The average Bonchev–Trinajstić information content (AvgIpc) is 2.42. The number of rotatable bonds is 5. The first-order valence-electron chi connectivity index (χ1n) is 6.35. The van der Waals surface area contributed by atoms with Crippen molar-refractivity contribution < 1.29 is 13.5 Å². The molecular weight excluding hydrogens is 262 g/mol. The summed E-state index contributed by atoms with van der Waals surface area (Å²) in [4.78, 5) is 3.99. The minimum Gasteiger partial charge on any atom is -0.455 e. The van der Waals surface area contributed by atoms with Gasteiger partial charge in [0.25, 0.3) is 0 Å². The quantitative estimate of drug-likeness (QED) is 0.906. The number of benzene rings is 1. The van der Waals surface area contributed by atoms with Gasteiger partial charge in [-0.2, -0.15) is 0 Å². The zero-order valence-corrected chi connectivity index (χ0v) is 11.4. The first kappa shape index (κ1) is 14.4. The third kappa shape index (κ3) is 3.74. The Kier molecular flexibility index (Phi) is 4.63. The molecule has 0 saturated carbocycles. The van der Waals surface area contributed by atoms with Crippen LogP contribution in [0.4, 0.5) is 8.78 Å². The van der Waals surface area contributed by atoms with Crippen molar-refractivity contribution in [3.05, 3.63) is 53.9 Å². The Labute approximate surface area is 116 Å². The molecule has 0 atom stereocenters. The summed E-state index contributed by atoms with van der Waals surface area (Å²) in [5, 5.41) is 3.27. The molecule has 0 saturated heterocycles. The first-order valence-corrected chi connectivity index (χ1v) is 6.35. The Bertz CT molecular complexity index is 588. The van der Waals surface area contributed by atoms with E-state index in [9.17, 15) is 8.78 Å². The molecule has 0 radical (unpaired) electrons. The summed E-state index contributed by atoms with van der Waals surface area (Å²) >= 11 is 0. The number of nitrogens with zero attached hydrogens (tertiary/aromatic N) is 1. The van der Waals surface area contributed by atoms with Gasteiger partial charge in [-0.25, -0.2) is 8.78 Å². The van der Waals surface area contributed by atoms with Gasteiger partial charge in [-0.3, -0.25) is 4.98 Å². The molecule has 0 aliphatic carbocycles. The van der Waals surface area contributed by atoms with E-state index in [1.165, 1.54) is 6.07 Å². The largest absolute Gasteiger partial charge is 0.455 e. The third-order valence-corrected chi connectivity index (χ3v) is 2.69. The number of aromatic nitrogens is 1. The lowest BCUT2D eigenvalue weighted by molar-refractivity contribution is 0.451. The smallest absolute Gasteiger partial charge is 0.162 e. The lowest BCUT2D eigenvalue weighted by Gasteiger charge is -2.13. The molecule has 1 aromatic carbocycles. The van der Waals surface area contributed by atoms with Crippen molar-refractivity contribution in [2.75, 3.05) is 0 Å². The fourth-order valence-electron chi connectivity index (χ4n) is 1.63. The number of hydrogen-bond acceptors (Lipinski definition) is 3. The van der Waals surface area contributed by atoms with Crippen LogP contribution in [0.3, 0.4) is 0 Å². The lowest BCUT2D eigenvalue weighted by Crippen LogP contribution is -2.22. The first-order chi connectivity index (χ1) is 9.56. The van der Waals surface area contributed by atoms with Crippen LogP contribution in [0.2, 0.25) is 0 Å². The molecule has 0 amide bonds. The molecule has 106 valence electrons. The van der Waals surface area contributed by atoms with Gasteiger partial charge in [-0.15, -0.1) is 0 Å². The molecule has 0 spiro atoms. The number of ether oxygens (including phenoxy) is 1. The van der Waals surface area contributed by atoms with Crippen molar-refractivity contribution in [2.24, 2.45) is 0 Å². The van der Waals surface area contributed by atoms with Crippen LogP contribution in [0.25, 0.3) is 0 Å². The van der Waals surface area contributed by atoms with Gasteiger partial charge in [-0.1, -0.05) is 13.8 Å². The van der Waals surface area contributed by atoms with Crippen LogP contribution in [-0.2, 0) is 6.54 Å². The summed E-state index contributed by atoms with van der Waals surface area (Å²) in [7, 11) is 0. The van der Waals surface area contributed by atoms with Crippen LogP contribution in [0.5, 0.6) is 11.5 Å². The molecule has 1 aromatic heterocycles. The molecule has 0 fully saturated rings. The number of hydrogen-bond donors (Lipinski definition) is 1. The second kappa shape index (κ2) is 6.43. The molecule has 2 aromatic rings. The second-order valence-electron chi connectivity index (χ2n) is 4.70. The predicted molar refractivity (Wildman–Crippen MR) is 72.6 cm³/mol. The molecule has 5 heteroatoms. The summed E-state index contributed by atoms with van der Waals surface area (Å²) in [6.07, 6.45) is 3.22. The van der Waals surface area contributed by atoms with E-state index in [-0.39, 0.29) is 5.75 Å². The monoisotopic (exact) mass is 278 g/mol. The number of halogens is 2. The molecule has 0 aliphatic heterocycles. The highest BCUT2D eigenvalue weighted by Crippen LogP contribution is 2.25. The minimum absolute atomic E-state index is 0.239. The average molecular weight is 278 g/mol. The maximum absolute atomic E-state index is 13.2. The number of pyridine rings is 1. The maximum Gasteiger partial charge on any atom is 0.162 e. The lowest BCUT2D eigenvalue weighted by atomic mass is 10.2. The molecule has 20 heavy (non-hydrogen) atoms. The fraction of sp³-hybridized carbons (Fsp3) is 0.267. The van der Waals surface area contributed by atoms with Gasteiger partial charge in [0.05, 0.1) is 6.20 Å². The highest BCUT2D eigenvalue weighted by atomic mass is 19.2. The fourth-order valence-corrected chi connectivity index (χ4v) is 1.63. The van der Waals surface area contributed by atoms with Crippen LogP contribution in [0, 0.1) is 11.6 Å². The zero-order valence-electron chi connectivity index (χ0n) is 11.4. The second-order valence-corrected chi connectivity index (χ2v) is 4.70. The van der Waals surface area contributed by atoms with Gasteiger partial charge in [0, 0.05) is 30.4 Å². The van der Waals surface area contributed by atoms with Gasteiger partial charge in [-0.05, 0) is 18.2 Å². The summed E-state index contributed by atoms with van der Waals surface area (Å²) < 4.78 is 31.6. The predicted octanol–water partition coefficient (Wildman–Crippen LogP) is 3.65. The Balaban J connectivity index is 2.17. The van der Waals surface area contributed by atoms with Gasteiger partial charge in [0.2, 0.25) is 0 Å². The summed E-state index contributed by atoms with van der Waals surface area (Å²) in [5.41, 5.74) is 0.901. The summed E-state index contributed by atoms with van der Waals surface area (Å²) in [6, 6.07) is 5.59. The van der Waals surface area contributed by atoms with E-state index in [0.29, 0.717) is 18.3 Å². The van der Waals surface area contributed by atoms with Crippen LogP contribution in [0.15, 0.2) is 36.7 Å². The molecule has 1 heterocycles. The Hall–Kier alpha value is -2.01. The van der Waals surface area contributed by atoms with E-state index in [1.54, 1.807) is 12.4 Å². The maximum atomic E-state index is 13.2. The van der Waals surface area contributed by atoms with E-state index in [2.05, 4.69) is 10.3 Å². The van der Waals surface area contributed by atoms with Crippen LogP contribution < -0.4 is 10.1 Å². The van der Waals surface area contributed by atoms with Crippen LogP contribution >= 0.6 is 0 Å². The van der Waals surface area contributed by atoms with Crippen molar-refractivity contribution in [3.63, 3.8) is 0 Å². The highest BCUT2D eigenvalue weighted by molar-refractivity contribution is 5.35. The minimum atomic E-state index is -0.937. The van der Waals surface area contributed by atoms with Gasteiger partial charge in [0.1, 0.15) is 11.5 Å². The molecule has 0 aliphatic rings. The van der Waals surface area contributed by atoms with E-state index in [4.69, 9.17) is 4.74 Å². The van der Waals surface area contributed by atoms with Crippen molar-refractivity contribution >= 4 is 0 Å². The topological polar surface area (TPSA) is 34.2 Å². The molecule has 0 unspecified atom stereocenters. The molecule has 2 rings (SSSR count).